The Morgan fingerprint density at radius 2 is 1.92 bits per heavy atom. The summed E-state index contributed by atoms with van der Waals surface area (Å²) >= 11 is 0. The zero-order valence-corrected chi connectivity index (χ0v) is 15.0. The number of piperidine rings is 1. The molecule has 130 valence electrons. The summed E-state index contributed by atoms with van der Waals surface area (Å²) in [6.45, 7) is 7.00. The zero-order valence-electron chi connectivity index (χ0n) is 15.0. The van der Waals surface area contributed by atoms with E-state index in [9.17, 15) is 0 Å². The molecule has 0 saturated carbocycles. The van der Waals surface area contributed by atoms with Crippen LogP contribution in [0.25, 0.3) is 16.6 Å². The van der Waals surface area contributed by atoms with E-state index in [1.807, 2.05) is 16.8 Å². The third-order valence-corrected chi connectivity index (χ3v) is 5.44. The number of benzene rings is 1. The summed E-state index contributed by atoms with van der Waals surface area (Å²) in [5.74, 6) is 0.649. The molecule has 0 unspecified atom stereocenters. The van der Waals surface area contributed by atoms with Crippen LogP contribution in [0.5, 0.6) is 0 Å². The van der Waals surface area contributed by atoms with Crippen LogP contribution in [0.15, 0.2) is 48.8 Å². The van der Waals surface area contributed by atoms with E-state index in [2.05, 4.69) is 54.2 Å². The maximum atomic E-state index is 6.04. The highest BCUT2D eigenvalue weighted by Gasteiger charge is 2.22. The van der Waals surface area contributed by atoms with Crippen LogP contribution in [-0.4, -0.2) is 33.6 Å². The van der Waals surface area contributed by atoms with Crippen molar-refractivity contribution in [3.8, 4) is 11.1 Å². The lowest BCUT2D eigenvalue weighted by atomic mass is 9.89. The van der Waals surface area contributed by atoms with Crippen molar-refractivity contribution in [1.82, 2.24) is 14.5 Å². The molecule has 0 amide bonds. The van der Waals surface area contributed by atoms with E-state index in [0.717, 1.165) is 16.8 Å². The number of likely N-dealkylation sites (tertiary alicyclic amines) is 1. The molecule has 1 aliphatic rings. The van der Waals surface area contributed by atoms with Crippen molar-refractivity contribution >= 4 is 11.2 Å². The second-order valence-electron chi connectivity index (χ2n) is 7.39. The minimum atomic E-state index is 0.633. The van der Waals surface area contributed by atoms with E-state index < -0.39 is 0 Å². The molecule has 0 spiro atoms. The SMILES string of the molecule is CC(C)N1CCC[C@H](c2ccc(-c3cc4c(N)ccnn4c3)cc2)C1. The van der Waals surface area contributed by atoms with Gasteiger partial charge in [0.2, 0.25) is 0 Å². The van der Waals surface area contributed by atoms with Gasteiger partial charge in [-0.2, -0.15) is 5.10 Å². The number of nitrogens with zero attached hydrogens (tertiary/aromatic N) is 3. The predicted molar refractivity (Wildman–Crippen MR) is 104 cm³/mol. The van der Waals surface area contributed by atoms with Gasteiger partial charge in [-0.25, -0.2) is 4.52 Å². The van der Waals surface area contributed by atoms with Crippen LogP contribution in [0.1, 0.15) is 38.2 Å². The Labute approximate surface area is 149 Å². The molecule has 25 heavy (non-hydrogen) atoms. The second-order valence-corrected chi connectivity index (χ2v) is 7.39. The van der Waals surface area contributed by atoms with Crippen molar-refractivity contribution in [2.24, 2.45) is 0 Å². The molecule has 3 heterocycles. The van der Waals surface area contributed by atoms with Crippen molar-refractivity contribution in [2.45, 2.75) is 38.6 Å². The van der Waals surface area contributed by atoms with Gasteiger partial charge in [0.1, 0.15) is 0 Å². The molecule has 4 nitrogen and oxygen atoms in total. The Morgan fingerprint density at radius 3 is 2.64 bits per heavy atom. The van der Waals surface area contributed by atoms with Gasteiger partial charge in [-0.15, -0.1) is 0 Å². The Kier molecular flexibility index (Phi) is 4.22. The topological polar surface area (TPSA) is 46.6 Å². The Bertz CT molecular complexity index is 863. The van der Waals surface area contributed by atoms with Crippen LogP contribution in [0.3, 0.4) is 0 Å². The maximum absolute atomic E-state index is 6.04. The fourth-order valence-corrected chi connectivity index (χ4v) is 3.89. The fourth-order valence-electron chi connectivity index (χ4n) is 3.89. The van der Waals surface area contributed by atoms with Crippen molar-refractivity contribution < 1.29 is 0 Å². The largest absolute Gasteiger partial charge is 0.397 e. The summed E-state index contributed by atoms with van der Waals surface area (Å²) in [6.07, 6.45) is 6.36. The first-order valence-electron chi connectivity index (χ1n) is 9.19. The van der Waals surface area contributed by atoms with E-state index in [4.69, 9.17) is 5.73 Å². The van der Waals surface area contributed by atoms with Crippen LogP contribution < -0.4 is 5.73 Å². The van der Waals surface area contributed by atoms with Gasteiger partial charge in [0.05, 0.1) is 11.2 Å². The van der Waals surface area contributed by atoms with Crippen LogP contribution >= 0.6 is 0 Å². The highest BCUT2D eigenvalue weighted by Crippen LogP contribution is 2.30. The molecule has 0 radical (unpaired) electrons. The lowest BCUT2D eigenvalue weighted by Crippen LogP contribution is -2.39. The van der Waals surface area contributed by atoms with Gasteiger partial charge in [-0.1, -0.05) is 24.3 Å². The molecule has 1 atom stereocenters. The molecule has 3 aromatic rings. The van der Waals surface area contributed by atoms with Crippen LogP contribution in [0, 0.1) is 0 Å². The van der Waals surface area contributed by atoms with E-state index in [0.29, 0.717) is 12.0 Å². The maximum Gasteiger partial charge on any atom is 0.0882 e. The van der Waals surface area contributed by atoms with Gasteiger partial charge in [-0.3, -0.25) is 0 Å². The average Bonchev–Trinajstić information content (AvgIpc) is 3.08. The number of fused-ring (bicyclic) bond motifs is 1. The van der Waals surface area contributed by atoms with Crippen molar-refractivity contribution in [3.63, 3.8) is 0 Å². The van der Waals surface area contributed by atoms with Crippen molar-refractivity contribution in [1.29, 1.82) is 0 Å². The molecular weight excluding hydrogens is 308 g/mol. The van der Waals surface area contributed by atoms with E-state index in [-0.39, 0.29) is 0 Å². The number of anilines is 1. The molecule has 0 bridgehead atoms. The Hall–Kier alpha value is -2.33. The molecule has 1 aliphatic heterocycles. The molecular formula is C21H26N4. The highest BCUT2D eigenvalue weighted by molar-refractivity contribution is 5.77. The second kappa shape index (κ2) is 6.52. The fraction of sp³-hybridized carbons (Fsp3) is 0.381. The van der Waals surface area contributed by atoms with Gasteiger partial charge in [0, 0.05) is 30.5 Å². The Morgan fingerprint density at radius 1 is 1.12 bits per heavy atom. The zero-order chi connectivity index (χ0) is 17.4. The summed E-state index contributed by atoms with van der Waals surface area (Å²) in [7, 11) is 0. The van der Waals surface area contributed by atoms with Gasteiger partial charge >= 0.3 is 0 Å². The van der Waals surface area contributed by atoms with E-state index >= 15 is 0 Å². The van der Waals surface area contributed by atoms with Crippen LogP contribution in [0.2, 0.25) is 0 Å². The third-order valence-electron chi connectivity index (χ3n) is 5.44. The van der Waals surface area contributed by atoms with Crippen LogP contribution in [-0.2, 0) is 0 Å². The molecule has 0 aliphatic carbocycles. The summed E-state index contributed by atoms with van der Waals surface area (Å²) < 4.78 is 1.85. The quantitative estimate of drug-likeness (QED) is 0.782. The first kappa shape index (κ1) is 16.2. The number of rotatable bonds is 3. The highest BCUT2D eigenvalue weighted by atomic mass is 15.2. The summed E-state index contributed by atoms with van der Waals surface area (Å²) in [4.78, 5) is 2.59. The molecule has 4 heteroatoms. The molecule has 1 saturated heterocycles. The third kappa shape index (κ3) is 3.14. The molecule has 1 fully saturated rings. The first-order valence-corrected chi connectivity index (χ1v) is 9.19. The van der Waals surface area contributed by atoms with Crippen molar-refractivity contribution in [2.75, 3.05) is 18.8 Å². The van der Waals surface area contributed by atoms with E-state index in [1.54, 1.807) is 6.20 Å². The minimum Gasteiger partial charge on any atom is -0.397 e. The van der Waals surface area contributed by atoms with Crippen molar-refractivity contribution in [3.05, 3.63) is 54.4 Å². The molecule has 2 aromatic heterocycles. The molecule has 2 N–H and O–H groups in total. The summed E-state index contributed by atoms with van der Waals surface area (Å²) in [6, 6.07) is 13.6. The Balaban J connectivity index is 1.58. The van der Waals surface area contributed by atoms with Gasteiger partial charge in [0.25, 0.3) is 0 Å². The van der Waals surface area contributed by atoms with E-state index in [1.165, 1.54) is 37.1 Å². The van der Waals surface area contributed by atoms with Gasteiger partial charge in [0.15, 0.2) is 0 Å². The van der Waals surface area contributed by atoms with Gasteiger partial charge < -0.3 is 10.6 Å². The normalized spacial score (nSPS) is 18.9. The number of hydrogen-bond acceptors (Lipinski definition) is 3. The first-order chi connectivity index (χ1) is 12.1. The molecule has 1 aromatic carbocycles. The monoisotopic (exact) mass is 334 g/mol. The standard InChI is InChI=1S/C21H26N4/c1-15(2)24-11-3-4-18(13-24)16-5-7-17(8-6-16)19-12-21-20(22)9-10-23-25(21)14-19/h5-10,12,14-15,18H,3-4,11,13,22H2,1-2H3/t18-/m0/s1. The summed E-state index contributed by atoms with van der Waals surface area (Å²) in [5, 5.41) is 4.34. The number of aromatic nitrogens is 2. The molecule has 4 rings (SSSR count). The smallest absolute Gasteiger partial charge is 0.0882 e. The number of hydrogen-bond donors (Lipinski definition) is 1. The lowest BCUT2D eigenvalue weighted by Gasteiger charge is -2.35. The lowest BCUT2D eigenvalue weighted by molar-refractivity contribution is 0.167. The predicted octanol–water partition coefficient (Wildman–Crippen LogP) is 4.17. The number of nitrogens with two attached hydrogens (primary N) is 1. The minimum absolute atomic E-state index is 0.633. The van der Waals surface area contributed by atoms with Gasteiger partial charge in [-0.05, 0) is 62.4 Å². The average molecular weight is 334 g/mol. The van der Waals surface area contributed by atoms with Crippen LogP contribution in [0.4, 0.5) is 5.69 Å². The number of nitrogen functional groups attached to an aromatic ring is 1. The summed E-state index contributed by atoms with van der Waals surface area (Å²) in [5.41, 5.74) is 11.6.